The third kappa shape index (κ3) is 4.29. The van der Waals surface area contributed by atoms with Crippen molar-refractivity contribution in [2.24, 2.45) is 0 Å². The fourth-order valence-corrected chi connectivity index (χ4v) is 2.72. The molecule has 2 rings (SSSR count). The average molecular weight is 332 g/mol. The van der Waals surface area contributed by atoms with Crippen molar-refractivity contribution < 1.29 is 9.59 Å². The zero-order chi connectivity index (χ0) is 16.8. The molecule has 0 bridgehead atoms. The highest BCUT2D eigenvalue weighted by Crippen LogP contribution is 2.22. The largest absolute Gasteiger partial charge is 0.372 e. The Labute approximate surface area is 139 Å². The summed E-state index contributed by atoms with van der Waals surface area (Å²) in [5, 5.41) is 7.22. The van der Waals surface area contributed by atoms with Gasteiger partial charge in [-0.2, -0.15) is 0 Å². The fraction of sp³-hybridized carbons (Fsp3) is 0.312. The van der Waals surface area contributed by atoms with Gasteiger partial charge in [0.05, 0.1) is 0 Å². The summed E-state index contributed by atoms with van der Waals surface area (Å²) in [4.78, 5) is 29.9. The van der Waals surface area contributed by atoms with E-state index in [0.717, 1.165) is 24.3 Å². The average Bonchev–Trinajstić information content (AvgIpc) is 3.04. The zero-order valence-electron chi connectivity index (χ0n) is 13.4. The number of thiazole rings is 1. The van der Waals surface area contributed by atoms with Crippen LogP contribution in [0.1, 0.15) is 19.4 Å². The lowest BCUT2D eigenvalue weighted by atomic mass is 10.1. The van der Waals surface area contributed by atoms with E-state index in [-0.39, 0.29) is 0 Å². The Morgan fingerprint density at radius 2 is 1.87 bits per heavy atom. The SMILES string of the molecule is CCN(CC)c1ccc(NC(=O)C(=O)Nc2nccs2)c(C)c1. The Balaban J connectivity index is 2.04. The molecule has 1 aromatic carbocycles. The molecule has 0 unspecified atom stereocenters. The molecule has 122 valence electrons. The van der Waals surface area contributed by atoms with E-state index in [1.54, 1.807) is 11.6 Å². The molecule has 0 atom stereocenters. The molecule has 0 saturated carbocycles. The van der Waals surface area contributed by atoms with E-state index in [0.29, 0.717) is 10.8 Å². The van der Waals surface area contributed by atoms with Crippen LogP contribution in [-0.4, -0.2) is 29.9 Å². The van der Waals surface area contributed by atoms with Crippen LogP contribution in [0.5, 0.6) is 0 Å². The van der Waals surface area contributed by atoms with Crippen LogP contribution in [0.4, 0.5) is 16.5 Å². The van der Waals surface area contributed by atoms with Crippen LogP contribution in [0.25, 0.3) is 0 Å². The van der Waals surface area contributed by atoms with Crippen LogP contribution in [0.2, 0.25) is 0 Å². The third-order valence-electron chi connectivity index (χ3n) is 3.45. The van der Waals surface area contributed by atoms with E-state index in [9.17, 15) is 9.59 Å². The van der Waals surface area contributed by atoms with Crippen molar-refractivity contribution in [2.75, 3.05) is 28.6 Å². The van der Waals surface area contributed by atoms with E-state index in [4.69, 9.17) is 0 Å². The number of hydrogen-bond donors (Lipinski definition) is 2. The third-order valence-corrected chi connectivity index (χ3v) is 4.13. The fourth-order valence-electron chi connectivity index (χ4n) is 2.19. The topological polar surface area (TPSA) is 74.3 Å². The van der Waals surface area contributed by atoms with Crippen molar-refractivity contribution in [1.29, 1.82) is 0 Å². The molecule has 2 amide bonds. The quantitative estimate of drug-likeness (QED) is 0.826. The Morgan fingerprint density at radius 3 is 2.43 bits per heavy atom. The standard InChI is InChI=1S/C16H20N4O2S/c1-4-20(5-2)12-6-7-13(11(3)10-12)18-14(21)15(22)19-16-17-8-9-23-16/h6-10H,4-5H2,1-3H3,(H,18,21)(H,17,19,22). The Kier molecular flexibility index (Phi) is 5.70. The van der Waals surface area contributed by atoms with Gasteiger partial charge in [0.15, 0.2) is 5.13 Å². The number of rotatable bonds is 5. The van der Waals surface area contributed by atoms with E-state index in [2.05, 4.69) is 34.4 Å². The lowest BCUT2D eigenvalue weighted by molar-refractivity contribution is -0.133. The minimum atomic E-state index is -0.729. The van der Waals surface area contributed by atoms with Gasteiger partial charge in [0, 0.05) is 36.0 Å². The zero-order valence-corrected chi connectivity index (χ0v) is 14.2. The lowest BCUT2D eigenvalue weighted by Gasteiger charge is -2.22. The summed E-state index contributed by atoms with van der Waals surface area (Å²) in [6.45, 7) is 7.92. The number of hydrogen-bond acceptors (Lipinski definition) is 5. The minimum Gasteiger partial charge on any atom is -0.372 e. The predicted molar refractivity (Wildman–Crippen MR) is 94.1 cm³/mol. The first-order valence-electron chi connectivity index (χ1n) is 7.42. The molecule has 2 N–H and O–H groups in total. The van der Waals surface area contributed by atoms with Crippen LogP contribution >= 0.6 is 11.3 Å². The van der Waals surface area contributed by atoms with Crippen molar-refractivity contribution in [3.63, 3.8) is 0 Å². The van der Waals surface area contributed by atoms with Crippen molar-refractivity contribution in [2.45, 2.75) is 20.8 Å². The van der Waals surface area contributed by atoms with Crippen molar-refractivity contribution in [3.8, 4) is 0 Å². The maximum Gasteiger partial charge on any atom is 0.315 e. The summed E-state index contributed by atoms with van der Waals surface area (Å²) in [7, 11) is 0. The molecule has 0 radical (unpaired) electrons. The highest BCUT2D eigenvalue weighted by molar-refractivity contribution is 7.13. The summed E-state index contributed by atoms with van der Waals surface area (Å²) >= 11 is 1.26. The molecule has 1 heterocycles. The first kappa shape index (κ1) is 17.0. The first-order valence-corrected chi connectivity index (χ1v) is 8.30. The van der Waals surface area contributed by atoms with Gasteiger partial charge in [-0.15, -0.1) is 11.3 Å². The Morgan fingerprint density at radius 1 is 1.17 bits per heavy atom. The number of carbonyl (C=O) groups is 2. The monoisotopic (exact) mass is 332 g/mol. The van der Waals surface area contributed by atoms with E-state index in [1.807, 2.05) is 25.1 Å². The molecule has 0 saturated heterocycles. The number of amides is 2. The van der Waals surface area contributed by atoms with Gasteiger partial charge in [0.25, 0.3) is 0 Å². The van der Waals surface area contributed by atoms with Crippen LogP contribution in [0.15, 0.2) is 29.8 Å². The second-order valence-corrected chi connectivity index (χ2v) is 5.81. The number of aromatic nitrogens is 1. The van der Waals surface area contributed by atoms with Crippen molar-refractivity contribution >= 4 is 39.7 Å². The van der Waals surface area contributed by atoms with Crippen molar-refractivity contribution in [3.05, 3.63) is 35.3 Å². The number of benzene rings is 1. The maximum atomic E-state index is 12.0. The van der Waals surface area contributed by atoms with E-state index in [1.165, 1.54) is 11.3 Å². The van der Waals surface area contributed by atoms with Gasteiger partial charge in [0.1, 0.15) is 0 Å². The second-order valence-electron chi connectivity index (χ2n) is 4.92. The number of aryl methyl sites for hydroxylation is 1. The molecule has 0 fully saturated rings. The van der Waals surface area contributed by atoms with Gasteiger partial charge in [-0.1, -0.05) is 0 Å². The summed E-state index contributed by atoms with van der Waals surface area (Å²) < 4.78 is 0. The Bertz CT molecular complexity index is 681. The molecule has 0 aliphatic heterocycles. The molecule has 6 nitrogen and oxygen atoms in total. The number of nitrogens with one attached hydrogen (secondary N) is 2. The predicted octanol–water partition coefficient (Wildman–Crippen LogP) is 2.87. The smallest absolute Gasteiger partial charge is 0.315 e. The Hall–Kier alpha value is -2.41. The highest BCUT2D eigenvalue weighted by Gasteiger charge is 2.16. The van der Waals surface area contributed by atoms with Crippen molar-refractivity contribution in [1.82, 2.24) is 4.98 Å². The molecule has 1 aromatic heterocycles. The van der Waals surface area contributed by atoms with Crippen LogP contribution in [0, 0.1) is 6.92 Å². The van der Waals surface area contributed by atoms with Gasteiger partial charge in [-0.05, 0) is 44.5 Å². The maximum absolute atomic E-state index is 12.0. The molecule has 2 aromatic rings. The van der Waals surface area contributed by atoms with Gasteiger partial charge >= 0.3 is 11.8 Å². The highest BCUT2D eigenvalue weighted by atomic mass is 32.1. The minimum absolute atomic E-state index is 0.402. The number of carbonyl (C=O) groups excluding carboxylic acids is 2. The number of nitrogens with zero attached hydrogens (tertiary/aromatic N) is 2. The molecule has 7 heteroatoms. The van der Waals surface area contributed by atoms with E-state index < -0.39 is 11.8 Å². The molecule has 23 heavy (non-hydrogen) atoms. The van der Waals surface area contributed by atoms with Crippen LogP contribution in [0.3, 0.4) is 0 Å². The first-order chi connectivity index (χ1) is 11.0. The summed E-state index contributed by atoms with van der Waals surface area (Å²) in [6, 6.07) is 5.76. The van der Waals surface area contributed by atoms with Gasteiger partial charge in [-0.3, -0.25) is 14.9 Å². The van der Waals surface area contributed by atoms with E-state index >= 15 is 0 Å². The molecule has 0 aliphatic rings. The van der Waals surface area contributed by atoms with Gasteiger partial charge in [-0.25, -0.2) is 4.98 Å². The lowest BCUT2D eigenvalue weighted by Crippen LogP contribution is -2.29. The molecular weight excluding hydrogens is 312 g/mol. The summed E-state index contributed by atoms with van der Waals surface area (Å²) in [5.74, 6) is -1.44. The number of anilines is 3. The van der Waals surface area contributed by atoms with Gasteiger partial charge < -0.3 is 10.2 Å². The second kappa shape index (κ2) is 7.73. The molecule has 0 spiro atoms. The van der Waals surface area contributed by atoms with Crippen LogP contribution < -0.4 is 15.5 Å². The van der Waals surface area contributed by atoms with Gasteiger partial charge in [0.2, 0.25) is 0 Å². The van der Waals surface area contributed by atoms with Crippen LogP contribution in [-0.2, 0) is 9.59 Å². The summed E-state index contributed by atoms with van der Waals surface area (Å²) in [5.41, 5.74) is 2.63. The molecular formula is C16H20N4O2S. The normalized spacial score (nSPS) is 10.2. The summed E-state index contributed by atoms with van der Waals surface area (Å²) in [6.07, 6.45) is 1.56. The molecule has 0 aliphatic carbocycles.